The van der Waals surface area contributed by atoms with Crippen molar-refractivity contribution in [2.45, 2.75) is 6.42 Å². The number of rotatable bonds is 5. The molecule has 0 unspecified atom stereocenters. The summed E-state index contributed by atoms with van der Waals surface area (Å²) >= 11 is 8.14. The molecule has 1 aromatic carbocycles. The topological polar surface area (TPSA) is 50.1 Å². The van der Waals surface area contributed by atoms with Crippen molar-refractivity contribution >= 4 is 49.0 Å². The zero-order chi connectivity index (χ0) is 14.5. The summed E-state index contributed by atoms with van der Waals surface area (Å²) in [6.45, 7) is -0.0145. The number of thiophene rings is 1. The van der Waals surface area contributed by atoms with Gasteiger partial charge >= 0.3 is 0 Å². The van der Waals surface area contributed by atoms with Crippen LogP contribution in [0.4, 0.5) is 0 Å². The van der Waals surface area contributed by atoms with Crippen molar-refractivity contribution < 1.29 is 9.53 Å². The maximum atomic E-state index is 12.0. The van der Waals surface area contributed by atoms with Crippen LogP contribution >= 0.6 is 43.2 Å². The highest BCUT2D eigenvalue weighted by Gasteiger charge is 2.14. The molecule has 1 aromatic heterocycles. The standard InChI is InChI=1S/C14H9Br2NO2S/c15-13-7-11(14(16)20-13)12(18)8-19-10-3-1-9(2-4-10)5-6-17/h1-4,7H,5,8H2. The number of hydrogen-bond acceptors (Lipinski definition) is 4. The number of Topliss-reactive ketones (excluding diaryl/α,β-unsaturated/α-hetero) is 1. The highest BCUT2D eigenvalue weighted by atomic mass is 79.9. The van der Waals surface area contributed by atoms with Gasteiger partial charge in [0.2, 0.25) is 5.78 Å². The first kappa shape index (κ1) is 15.2. The highest BCUT2D eigenvalue weighted by molar-refractivity contribution is 9.12. The monoisotopic (exact) mass is 413 g/mol. The zero-order valence-electron chi connectivity index (χ0n) is 10.2. The van der Waals surface area contributed by atoms with Crippen LogP contribution in [-0.2, 0) is 6.42 Å². The largest absolute Gasteiger partial charge is 0.485 e. The normalized spacial score (nSPS) is 10.1. The van der Waals surface area contributed by atoms with E-state index in [0.717, 1.165) is 13.1 Å². The Labute approximate surface area is 137 Å². The highest BCUT2D eigenvalue weighted by Crippen LogP contribution is 2.32. The van der Waals surface area contributed by atoms with Gasteiger partial charge < -0.3 is 4.74 Å². The molecular formula is C14H9Br2NO2S. The molecule has 0 N–H and O–H groups in total. The summed E-state index contributed by atoms with van der Waals surface area (Å²) < 4.78 is 7.15. The molecule has 0 saturated carbocycles. The summed E-state index contributed by atoms with van der Waals surface area (Å²) in [5.74, 6) is 0.533. The average molecular weight is 415 g/mol. The van der Waals surface area contributed by atoms with Crippen molar-refractivity contribution in [3.63, 3.8) is 0 Å². The Morgan fingerprint density at radius 1 is 1.30 bits per heavy atom. The molecule has 0 aliphatic rings. The van der Waals surface area contributed by atoms with Crippen LogP contribution in [0.1, 0.15) is 15.9 Å². The third-order valence-electron chi connectivity index (χ3n) is 2.53. The van der Waals surface area contributed by atoms with Gasteiger partial charge in [-0.2, -0.15) is 5.26 Å². The average Bonchev–Trinajstić information content (AvgIpc) is 2.77. The molecule has 0 radical (unpaired) electrons. The van der Waals surface area contributed by atoms with E-state index in [9.17, 15) is 4.79 Å². The van der Waals surface area contributed by atoms with Crippen LogP contribution in [0.25, 0.3) is 0 Å². The Morgan fingerprint density at radius 2 is 2.00 bits per heavy atom. The summed E-state index contributed by atoms with van der Waals surface area (Å²) in [4.78, 5) is 12.0. The van der Waals surface area contributed by atoms with Crippen molar-refractivity contribution in [1.29, 1.82) is 5.26 Å². The first-order valence-corrected chi connectivity index (χ1v) is 8.07. The fourth-order valence-electron chi connectivity index (χ4n) is 1.55. The molecule has 0 amide bonds. The van der Waals surface area contributed by atoms with Crippen molar-refractivity contribution in [1.82, 2.24) is 0 Å². The minimum absolute atomic E-state index is 0.0145. The van der Waals surface area contributed by atoms with E-state index in [1.165, 1.54) is 11.3 Å². The zero-order valence-corrected chi connectivity index (χ0v) is 14.2. The number of ketones is 1. The Hall–Kier alpha value is -1.16. The predicted molar refractivity (Wildman–Crippen MR) is 85.3 cm³/mol. The molecular weight excluding hydrogens is 406 g/mol. The van der Waals surface area contributed by atoms with Crippen LogP contribution in [0, 0.1) is 11.3 Å². The van der Waals surface area contributed by atoms with Crippen LogP contribution < -0.4 is 4.74 Å². The van der Waals surface area contributed by atoms with Crippen molar-refractivity contribution in [2.24, 2.45) is 0 Å². The predicted octanol–water partition coefficient (Wildman–Crippen LogP) is 4.60. The van der Waals surface area contributed by atoms with E-state index >= 15 is 0 Å². The first-order valence-electron chi connectivity index (χ1n) is 5.67. The molecule has 0 atom stereocenters. The molecule has 0 aliphatic carbocycles. The van der Waals surface area contributed by atoms with Crippen molar-refractivity contribution in [2.75, 3.05) is 6.61 Å². The lowest BCUT2D eigenvalue weighted by Gasteiger charge is -2.05. The van der Waals surface area contributed by atoms with Crippen LogP contribution in [0.3, 0.4) is 0 Å². The van der Waals surface area contributed by atoms with E-state index in [4.69, 9.17) is 10.00 Å². The molecule has 0 fully saturated rings. The number of carbonyl (C=O) groups excluding carboxylic acids is 1. The maximum Gasteiger partial charge on any atom is 0.202 e. The lowest BCUT2D eigenvalue weighted by Crippen LogP contribution is -2.11. The van der Waals surface area contributed by atoms with E-state index in [2.05, 4.69) is 37.9 Å². The van der Waals surface area contributed by atoms with Crippen LogP contribution in [-0.4, -0.2) is 12.4 Å². The molecule has 20 heavy (non-hydrogen) atoms. The Morgan fingerprint density at radius 3 is 2.55 bits per heavy atom. The smallest absolute Gasteiger partial charge is 0.202 e. The van der Waals surface area contributed by atoms with E-state index in [1.54, 1.807) is 18.2 Å². The van der Waals surface area contributed by atoms with Crippen molar-refractivity contribution in [3.8, 4) is 11.8 Å². The quantitative estimate of drug-likeness (QED) is 0.671. The van der Waals surface area contributed by atoms with Gasteiger partial charge in [-0.3, -0.25) is 4.79 Å². The van der Waals surface area contributed by atoms with Gasteiger partial charge in [-0.05, 0) is 55.6 Å². The molecule has 0 aliphatic heterocycles. The molecule has 2 rings (SSSR count). The third-order valence-corrected chi connectivity index (χ3v) is 4.87. The van der Waals surface area contributed by atoms with E-state index < -0.39 is 0 Å². The Balaban J connectivity index is 1.96. The van der Waals surface area contributed by atoms with E-state index in [-0.39, 0.29) is 12.4 Å². The lowest BCUT2D eigenvalue weighted by molar-refractivity contribution is 0.0921. The Kier molecular flexibility index (Phi) is 5.35. The van der Waals surface area contributed by atoms with Gasteiger partial charge in [0.15, 0.2) is 6.61 Å². The number of benzene rings is 1. The number of nitriles is 1. The molecule has 1 heterocycles. The Bertz CT molecular complexity index is 659. The van der Waals surface area contributed by atoms with E-state index in [1.807, 2.05) is 12.1 Å². The van der Waals surface area contributed by atoms with Crippen molar-refractivity contribution in [3.05, 3.63) is 49.0 Å². The fourth-order valence-corrected chi connectivity index (χ4v) is 4.41. The second-order valence-electron chi connectivity index (χ2n) is 3.93. The first-order chi connectivity index (χ1) is 9.60. The van der Waals surface area contributed by atoms with Gasteiger partial charge in [-0.15, -0.1) is 11.3 Å². The van der Waals surface area contributed by atoms with Gasteiger partial charge in [-0.25, -0.2) is 0 Å². The SMILES string of the molecule is N#CCc1ccc(OCC(=O)c2cc(Br)sc2Br)cc1. The second kappa shape index (κ2) is 7.02. The van der Waals surface area contributed by atoms with Crippen LogP contribution in [0.2, 0.25) is 0 Å². The third kappa shape index (κ3) is 3.92. The molecule has 0 bridgehead atoms. The number of ether oxygens (including phenoxy) is 1. The molecule has 0 spiro atoms. The lowest BCUT2D eigenvalue weighted by atomic mass is 10.2. The molecule has 6 heteroatoms. The minimum atomic E-state index is -0.0834. The summed E-state index contributed by atoms with van der Waals surface area (Å²) in [6, 6.07) is 11.0. The minimum Gasteiger partial charge on any atom is -0.485 e. The van der Waals surface area contributed by atoms with E-state index in [0.29, 0.717) is 17.7 Å². The fraction of sp³-hybridized carbons (Fsp3) is 0.143. The number of hydrogen-bond donors (Lipinski definition) is 0. The summed E-state index contributed by atoms with van der Waals surface area (Å²) in [7, 11) is 0. The van der Waals surface area contributed by atoms with Gasteiger partial charge in [0, 0.05) is 5.56 Å². The van der Waals surface area contributed by atoms with Crippen LogP contribution in [0.5, 0.6) is 5.75 Å². The summed E-state index contributed by atoms with van der Waals surface area (Å²) in [6.07, 6.45) is 0.370. The molecule has 3 nitrogen and oxygen atoms in total. The van der Waals surface area contributed by atoms with Gasteiger partial charge in [-0.1, -0.05) is 12.1 Å². The maximum absolute atomic E-state index is 12.0. The summed E-state index contributed by atoms with van der Waals surface area (Å²) in [5.41, 5.74) is 1.54. The van der Waals surface area contributed by atoms with Gasteiger partial charge in [0.25, 0.3) is 0 Å². The second-order valence-corrected chi connectivity index (χ2v) is 7.68. The number of halogens is 2. The molecule has 0 saturated heterocycles. The van der Waals surface area contributed by atoms with Crippen LogP contribution in [0.15, 0.2) is 37.9 Å². The summed E-state index contributed by atoms with van der Waals surface area (Å²) in [5, 5.41) is 8.59. The number of carbonyl (C=O) groups is 1. The molecule has 102 valence electrons. The van der Waals surface area contributed by atoms with Gasteiger partial charge in [0.1, 0.15) is 5.75 Å². The number of nitrogens with zero attached hydrogens (tertiary/aromatic N) is 1. The van der Waals surface area contributed by atoms with Gasteiger partial charge in [0.05, 0.1) is 20.1 Å². The molecule has 2 aromatic rings.